The third-order valence-electron chi connectivity index (χ3n) is 3.10. The van der Waals surface area contributed by atoms with Gasteiger partial charge in [0.25, 0.3) is 0 Å². The van der Waals surface area contributed by atoms with Crippen LogP contribution < -0.4 is 0 Å². The van der Waals surface area contributed by atoms with E-state index in [9.17, 15) is 56.3 Å². The minimum atomic E-state index is -6.72. The molecule has 0 aliphatic heterocycles. The van der Waals surface area contributed by atoms with Gasteiger partial charge >= 0.3 is 17.2 Å². The fourth-order valence-corrected chi connectivity index (χ4v) is 3.19. The molecule has 0 bridgehead atoms. The molecular weight excluding hydrogens is 487 g/mol. The zero-order valence-electron chi connectivity index (χ0n) is 15.8. The van der Waals surface area contributed by atoms with E-state index >= 15 is 0 Å². The Balaban J connectivity index is 0. The molecule has 1 unspecified atom stereocenters. The lowest BCUT2D eigenvalue weighted by atomic mass is 10.2. The van der Waals surface area contributed by atoms with Crippen LogP contribution in [0.2, 0.25) is 0 Å². The lowest BCUT2D eigenvalue weighted by molar-refractivity contribution is -0.151. The summed E-state index contributed by atoms with van der Waals surface area (Å²) in [6.45, 7) is 5.90. The molecule has 1 atom stereocenters. The Bertz CT molecular complexity index is 661. The first-order chi connectivity index (χ1) is 13.1. The van der Waals surface area contributed by atoms with Crippen molar-refractivity contribution in [1.82, 2.24) is 4.90 Å². The van der Waals surface area contributed by atoms with Gasteiger partial charge < -0.3 is 8.86 Å². The number of rotatable bonds is 9. The third kappa shape index (κ3) is 12.1. The van der Waals surface area contributed by atoms with Crippen LogP contribution >= 0.6 is 0 Å². The highest BCUT2D eigenvalue weighted by Crippen LogP contribution is 2.36. The summed E-state index contributed by atoms with van der Waals surface area (Å²) in [7, 11) is -13.4. The second kappa shape index (κ2) is 11.7. The topological polar surface area (TPSA) is 94.8 Å². The summed E-state index contributed by atoms with van der Waals surface area (Å²) < 4.78 is 151. The van der Waals surface area contributed by atoms with Gasteiger partial charge in [0.1, 0.15) is 0 Å². The van der Waals surface area contributed by atoms with Crippen molar-refractivity contribution in [2.45, 2.75) is 50.4 Å². The standard InChI is InChI=1S/C10H20F3NO.C2F6NO4S2/c1-4-9(3)14(6-7-15-5-2)8-10(11,12)13;3-1(4,5)14(10,11)9-15(12,13)2(6,7)8/h9H,4-8H2,1-3H3;/q;-1. The number of hydrogen-bond acceptors (Lipinski definition) is 6. The summed E-state index contributed by atoms with van der Waals surface area (Å²) >= 11 is 0. The van der Waals surface area contributed by atoms with Gasteiger partial charge in [-0.05, 0) is 20.3 Å². The third-order valence-corrected chi connectivity index (χ3v) is 5.84. The van der Waals surface area contributed by atoms with E-state index in [4.69, 9.17) is 4.74 Å². The second-order valence-electron chi connectivity index (χ2n) is 5.46. The number of alkyl halides is 9. The van der Waals surface area contributed by atoms with Crippen LogP contribution in [0.15, 0.2) is 0 Å². The molecule has 0 aliphatic rings. The molecule has 184 valence electrons. The Morgan fingerprint density at radius 1 is 0.867 bits per heavy atom. The molecule has 0 radical (unpaired) electrons. The maximum atomic E-state index is 12.2. The zero-order chi connectivity index (χ0) is 24.6. The summed E-state index contributed by atoms with van der Waals surface area (Å²) in [6.07, 6.45) is -3.42. The van der Waals surface area contributed by atoms with Crippen molar-refractivity contribution in [2.24, 2.45) is 0 Å². The van der Waals surface area contributed by atoms with Crippen LogP contribution in [0.4, 0.5) is 39.5 Å². The van der Waals surface area contributed by atoms with Gasteiger partial charge in [-0.3, -0.25) is 4.90 Å². The van der Waals surface area contributed by atoms with E-state index in [1.165, 1.54) is 4.90 Å². The molecule has 0 aromatic carbocycles. The fraction of sp³-hybridized carbons (Fsp3) is 1.00. The van der Waals surface area contributed by atoms with E-state index in [2.05, 4.69) is 0 Å². The van der Waals surface area contributed by atoms with E-state index < -0.39 is 43.8 Å². The van der Waals surface area contributed by atoms with Gasteiger partial charge in [0.2, 0.25) is 0 Å². The van der Waals surface area contributed by atoms with Gasteiger partial charge in [-0.15, -0.1) is 0 Å². The van der Waals surface area contributed by atoms with E-state index in [1.54, 1.807) is 6.92 Å². The molecule has 18 heteroatoms. The van der Waals surface area contributed by atoms with Crippen molar-refractivity contribution in [3.05, 3.63) is 4.13 Å². The van der Waals surface area contributed by atoms with Gasteiger partial charge in [-0.1, -0.05) is 6.92 Å². The summed E-state index contributed by atoms with van der Waals surface area (Å²) in [5.41, 5.74) is -12.4. The van der Waals surface area contributed by atoms with Gasteiger partial charge in [-0.2, -0.15) is 39.5 Å². The predicted molar refractivity (Wildman–Crippen MR) is 87.2 cm³/mol. The van der Waals surface area contributed by atoms with Crippen molar-refractivity contribution in [2.75, 3.05) is 26.3 Å². The first-order valence-electron chi connectivity index (χ1n) is 7.86. The summed E-state index contributed by atoms with van der Waals surface area (Å²) in [5.74, 6) is 0. The minimum absolute atomic E-state index is 0.0629. The highest BCUT2D eigenvalue weighted by atomic mass is 32.3. The van der Waals surface area contributed by atoms with Crippen molar-refractivity contribution in [3.8, 4) is 0 Å². The van der Waals surface area contributed by atoms with Crippen molar-refractivity contribution >= 4 is 20.0 Å². The average molecular weight is 507 g/mol. The molecular formula is C12H20F9N2O5S2-. The lowest BCUT2D eigenvalue weighted by Gasteiger charge is -2.28. The maximum absolute atomic E-state index is 12.2. The lowest BCUT2D eigenvalue weighted by Crippen LogP contribution is -2.42. The Kier molecular flexibility index (Phi) is 12.2. The highest BCUT2D eigenvalue weighted by Gasteiger charge is 2.46. The first-order valence-corrected chi connectivity index (χ1v) is 10.7. The van der Waals surface area contributed by atoms with E-state index in [-0.39, 0.29) is 6.04 Å². The second-order valence-corrected chi connectivity index (χ2v) is 8.88. The van der Waals surface area contributed by atoms with Crippen molar-refractivity contribution in [1.29, 1.82) is 0 Å². The van der Waals surface area contributed by atoms with E-state index in [0.29, 0.717) is 26.2 Å². The van der Waals surface area contributed by atoms with Crippen LogP contribution in [-0.2, 0) is 24.8 Å². The molecule has 0 aliphatic carbocycles. The molecule has 0 fully saturated rings. The van der Waals surface area contributed by atoms with Crippen LogP contribution in [-0.4, -0.2) is 71.3 Å². The smallest absolute Gasteiger partial charge is 0.421 e. The van der Waals surface area contributed by atoms with Crippen molar-refractivity contribution in [3.63, 3.8) is 0 Å². The van der Waals surface area contributed by atoms with Crippen LogP contribution in [0, 0.1) is 0 Å². The van der Waals surface area contributed by atoms with Gasteiger partial charge in [0, 0.05) is 19.2 Å². The molecule has 0 amide bonds. The minimum Gasteiger partial charge on any atom is -0.421 e. The Labute approximate surface area is 167 Å². The highest BCUT2D eigenvalue weighted by molar-refractivity contribution is 8.13. The maximum Gasteiger partial charge on any atom is 0.480 e. The zero-order valence-corrected chi connectivity index (χ0v) is 17.4. The SMILES string of the molecule is CCOCCN(CC(F)(F)F)C(C)CC.O=S(=O)([N-]S(=O)(=O)C(F)(F)F)C(F)(F)F. The Morgan fingerprint density at radius 3 is 1.53 bits per heavy atom. The Hall–Kier alpha value is -0.850. The summed E-state index contributed by atoms with van der Waals surface area (Å²) in [4.78, 5) is 1.41. The normalized spacial score (nSPS) is 15.0. The monoisotopic (exact) mass is 507 g/mol. The quantitative estimate of drug-likeness (QED) is 0.349. The average Bonchev–Trinajstić information content (AvgIpc) is 2.49. The fourth-order valence-electron chi connectivity index (χ4n) is 1.48. The van der Waals surface area contributed by atoms with Crippen LogP contribution in [0.3, 0.4) is 0 Å². The molecule has 0 spiro atoms. The van der Waals surface area contributed by atoms with Crippen LogP contribution in [0.25, 0.3) is 4.13 Å². The van der Waals surface area contributed by atoms with Gasteiger partial charge in [-0.25, -0.2) is 16.8 Å². The molecule has 0 aromatic heterocycles. The molecule has 0 rings (SSSR count). The molecule has 0 N–H and O–H groups in total. The van der Waals surface area contributed by atoms with Crippen LogP contribution in [0.1, 0.15) is 27.2 Å². The molecule has 7 nitrogen and oxygen atoms in total. The summed E-state index contributed by atoms with van der Waals surface area (Å²) in [6, 6.07) is -0.0629. The first kappa shape index (κ1) is 31.3. The molecule has 0 saturated carbocycles. The van der Waals surface area contributed by atoms with Crippen LogP contribution in [0.5, 0.6) is 0 Å². The number of halogens is 9. The molecule has 0 aromatic rings. The largest absolute Gasteiger partial charge is 0.480 e. The van der Waals surface area contributed by atoms with Crippen molar-refractivity contribution < 1.29 is 61.1 Å². The number of ether oxygens (including phenoxy) is 1. The molecule has 0 saturated heterocycles. The van der Waals surface area contributed by atoms with Gasteiger partial charge in [0.05, 0.1) is 13.2 Å². The predicted octanol–water partition coefficient (Wildman–Crippen LogP) is 3.75. The Morgan fingerprint density at radius 2 is 1.27 bits per heavy atom. The number of nitrogens with zero attached hydrogens (tertiary/aromatic N) is 2. The summed E-state index contributed by atoms with van der Waals surface area (Å²) in [5, 5.41) is 0. The molecule has 0 heterocycles. The number of hydrogen-bond donors (Lipinski definition) is 0. The van der Waals surface area contributed by atoms with E-state index in [1.807, 2.05) is 13.8 Å². The molecule has 30 heavy (non-hydrogen) atoms. The van der Waals surface area contributed by atoms with Gasteiger partial charge in [0.15, 0.2) is 20.0 Å². The number of sulfonamides is 2. The van der Waals surface area contributed by atoms with E-state index in [0.717, 1.165) is 4.13 Å².